The minimum Gasteiger partial charge on any atom is -0.594 e. The molecule has 3 rings (SSSR count). The Hall–Kier alpha value is -1.59. The third-order valence-electron chi connectivity index (χ3n) is 3.46. The second kappa shape index (κ2) is 6.73. The van der Waals surface area contributed by atoms with E-state index in [4.69, 9.17) is 46.4 Å². The first-order valence-electron chi connectivity index (χ1n) is 6.75. The molecule has 0 N–H and O–H groups in total. The molecule has 0 aliphatic rings. The Morgan fingerprint density at radius 1 is 0.958 bits per heavy atom. The van der Waals surface area contributed by atoms with Gasteiger partial charge in [0.25, 0.3) is 0 Å². The summed E-state index contributed by atoms with van der Waals surface area (Å²) in [5.74, 6) is 0. The van der Waals surface area contributed by atoms with Crippen molar-refractivity contribution in [3.8, 4) is 22.4 Å². The summed E-state index contributed by atoms with van der Waals surface area (Å²) in [5, 5.41) is 17.1. The Bertz CT molecular complexity index is 930. The van der Waals surface area contributed by atoms with Crippen LogP contribution >= 0.6 is 46.4 Å². The minimum atomic E-state index is -0.00253. The molecule has 8 heteroatoms. The lowest BCUT2D eigenvalue weighted by atomic mass is 9.97. The van der Waals surface area contributed by atoms with Crippen LogP contribution in [-0.2, 0) is 0 Å². The van der Waals surface area contributed by atoms with E-state index in [-0.39, 0.29) is 5.15 Å². The fraction of sp³-hybridized carbons (Fsp3) is 0.0625. The number of pyridine rings is 1. The van der Waals surface area contributed by atoms with Gasteiger partial charge in [-0.05, 0) is 23.8 Å². The summed E-state index contributed by atoms with van der Waals surface area (Å²) >= 11 is 24.4. The second-order valence-electron chi connectivity index (χ2n) is 4.99. The third kappa shape index (κ3) is 3.15. The molecule has 0 fully saturated rings. The van der Waals surface area contributed by atoms with E-state index in [0.29, 0.717) is 42.4 Å². The fourth-order valence-corrected chi connectivity index (χ4v) is 3.22. The molecule has 0 bridgehead atoms. The first kappa shape index (κ1) is 17.2. The molecular weight excluding hydrogens is 392 g/mol. The molecule has 0 unspecified atom stereocenters. The van der Waals surface area contributed by atoms with Gasteiger partial charge in [0, 0.05) is 23.2 Å². The monoisotopic (exact) mass is 399 g/mol. The standard InChI is InChI=1S/C16H9Cl4N3O/c1-8-13(9-2-4-10(17)5-3-9)14(16(20)22-23(8)24)15-12(19)6-11(18)7-21-15/h2-7H,1H3. The molecule has 0 saturated carbocycles. The van der Waals surface area contributed by atoms with E-state index in [0.717, 1.165) is 5.56 Å². The number of hydrogen-bond donors (Lipinski definition) is 0. The van der Waals surface area contributed by atoms with E-state index < -0.39 is 0 Å². The van der Waals surface area contributed by atoms with Gasteiger partial charge in [0.1, 0.15) is 0 Å². The second-order valence-corrected chi connectivity index (χ2v) is 6.63. The maximum Gasteiger partial charge on any atom is 0.227 e. The number of rotatable bonds is 2. The molecule has 1 aromatic carbocycles. The number of halogens is 4. The van der Waals surface area contributed by atoms with Gasteiger partial charge in [0.2, 0.25) is 10.8 Å². The van der Waals surface area contributed by atoms with Crippen molar-refractivity contribution < 1.29 is 4.85 Å². The first-order valence-corrected chi connectivity index (χ1v) is 8.27. The van der Waals surface area contributed by atoms with Crippen LogP contribution in [0.2, 0.25) is 20.2 Å². The molecule has 0 atom stereocenters. The lowest BCUT2D eigenvalue weighted by molar-refractivity contribution is -0.674. The van der Waals surface area contributed by atoms with Crippen LogP contribution in [0.4, 0.5) is 0 Å². The lowest BCUT2D eigenvalue weighted by Gasteiger charge is -2.13. The molecule has 2 aromatic heterocycles. The molecular formula is C16H9Cl4N3O. The van der Waals surface area contributed by atoms with Crippen molar-refractivity contribution >= 4 is 46.4 Å². The van der Waals surface area contributed by atoms with E-state index in [1.807, 2.05) is 0 Å². The average Bonchev–Trinajstić information content (AvgIpc) is 2.53. The van der Waals surface area contributed by atoms with Gasteiger partial charge in [0.05, 0.1) is 26.9 Å². The van der Waals surface area contributed by atoms with Gasteiger partial charge >= 0.3 is 0 Å². The van der Waals surface area contributed by atoms with Crippen LogP contribution in [0.15, 0.2) is 36.5 Å². The van der Waals surface area contributed by atoms with Crippen molar-refractivity contribution in [1.82, 2.24) is 10.1 Å². The van der Waals surface area contributed by atoms with Crippen LogP contribution in [0.25, 0.3) is 22.4 Å². The van der Waals surface area contributed by atoms with E-state index in [1.54, 1.807) is 37.3 Å². The van der Waals surface area contributed by atoms with E-state index in [1.165, 1.54) is 6.20 Å². The maximum absolute atomic E-state index is 12.0. The predicted octanol–water partition coefficient (Wildman–Crippen LogP) is 5.37. The first-order chi connectivity index (χ1) is 11.4. The largest absolute Gasteiger partial charge is 0.594 e. The van der Waals surface area contributed by atoms with Crippen LogP contribution < -0.4 is 4.85 Å². The van der Waals surface area contributed by atoms with E-state index in [2.05, 4.69) is 10.1 Å². The molecule has 0 spiro atoms. The van der Waals surface area contributed by atoms with Crippen LogP contribution in [0.1, 0.15) is 5.69 Å². The number of hydrogen-bond acceptors (Lipinski definition) is 3. The van der Waals surface area contributed by atoms with Gasteiger partial charge in [0.15, 0.2) is 0 Å². The molecule has 24 heavy (non-hydrogen) atoms. The molecule has 0 radical (unpaired) electrons. The van der Waals surface area contributed by atoms with Gasteiger partial charge in [-0.3, -0.25) is 4.98 Å². The van der Waals surface area contributed by atoms with Gasteiger partial charge in [-0.2, -0.15) is 0 Å². The highest BCUT2D eigenvalue weighted by molar-refractivity contribution is 6.37. The predicted molar refractivity (Wildman–Crippen MR) is 96.6 cm³/mol. The number of benzene rings is 1. The highest BCUT2D eigenvalue weighted by Gasteiger charge is 2.25. The Balaban J connectivity index is 2.37. The summed E-state index contributed by atoms with van der Waals surface area (Å²) in [4.78, 5) is 4.73. The zero-order valence-electron chi connectivity index (χ0n) is 12.2. The smallest absolute Gasteiger partial charge is 0.227 e. The third-order valence-corrected chi connectivity index (χ3v) is 4.47. The Kier molecular flexibility index (Phi) is 4.83. The highest BCUT2D eigenvalue weighted by Crippen LogP contribution is 2.40. The normalized spacial score (nSPS) is 10.9. The highest BCUT2D eigenvalue weighted by atomic mass is 35.5. The van der Waals surface area contributed by atoms with Crippen LogP contribution in [0.3, 0.4) is 0 Å². The molecule has 4 nitrogen and oxygen atoms in total. The van der Waals surface area contributed by atoms with Crippen molar-refractivity contribution in [2.24, 2.45) is 0 Å². The molecule has 0 aliphatic heterocycles. The molecule has 0 saturated heterocycles. The lowest BCUT2D eigenvalue weighted by Crippen LogP contribution is -2.35. The molecule has 0 aliphatic carbocycles. The Morgan fingerprint density at radius 3 is 2.25 bits per heavy atom. The van der Waals surface area contributed by atoms with Crippen molar-refractivity contribution in [2.75, 3.05) is 0 Å². The van der Waals surface area contributed by atoms with Crippen molar-refractivity contribution in [3.05, 3.63) is 67.7 Å². The van der Waals surface area contributed by atoms with Crippen molar-refractivity contribution in [2.45, 2.75) is 6.92 Å². The van der Waals surface area contributed by atoms with Gasteiger partial charge in [-0.1, -0.05) is 63.4 Å². The zero-order valence-corrected chi connectivity index (χ0v) is 15.2. The van der Waals surface area contributed by atoms with Crippen LogP contribution in [0, 0.1) is 12.1 Å². The number of nitrogens with zero attached hydrogens (tertiary/aromatic N) is 3. The van der Waals surface area contributed by atoms with Crippen molar-refractivity contribution in [3.63, 3.8) is 0 Å². The van der Waals surface area contributed by atoms with Crippen LogP contribution in [0.5, 0.6) is 0 Å². The topological polar surface area (TPSA) is 52.7 Å². The average molecular weight is 401 g/mol. The molecule has 3 aromatic rings. The Morgan fingerprint density at radius 2 is 1.62 bits per heavy atom. The summed E-state index contributed by atoms with van der Waals surface area (Å²) in [6, 6.07) is 8.57. The minimum absolute atomic E-state index is 0.00253. The summed E-state index contributed by atoms with van der Waals surface area (Å²) in [6.45, 7) is 1.65. The summed E-state index contributed by atoms with van der Waals surface area (Å²) in [5.41, 5.74) is 2.55. The van der Waals surface area contributed by atoms with Gasteiger partial charge in [-0.15, -0.1) is 0 Å². The summed E-state index contributed by atoms with van der Waals surface area (Å²) in [7, 11) is 0. The van der Waals surface area contributed by atoms with Crippen LogP contribution in [-0.4, -0.2) is 10.1 Å². The molecule has 2 heterocycles. The fourth-order valence-electron chi connectivity index (χ4n) is 2.37. The summed E-state index contributed by atoms with van der Waals surface area (Å²) in [6.07, 6.45) is 1.46. The van der Waals surface area contributed by atoms with E-state index >= 15 is 0 Å². The van der Waals surface area contributed by atoms with Crippen molar-refractivity contribution in [1.29, 1.82) is 0 Å². The molecule has 0 amide bonds. The van der Waals surface area contributed by atoms with Gasteiger partial charge in [-0.25, -0.2) is 0 Å². The zero-order chi connectivity index (χ0) is 17.4. The SMILES string of the molecule is Cc1c(-c2ccc(Cl)cc2)c(-c2ncc(Cl)cc2Cl)c(Cl)n[n+]1[O-]. The quantitative estimate of drug-likeness (QED) is 0.429. The number of aromatic nitrogens is 3. The summed E-state index contributed by atoms with van der Waals surface area (Å²) < 4.78 is 0. The van der Waals surface area contributed by atoms with E-state index in [9.17, 15) is 5.21 Å². The molecule has 122 valence electrons. The maximum atomic E-state index is 12.0. The Labute approximate surface area is 158 Å². The van der Waals surface area contributed by atoms with Gasteiger partial charge < -0.3 is 5.21 Å².